The number of anilines is 1. The zero-order chi connectivity index (χ0) is 17.0. The molecule has 23 heavy (non-hydrogen) atoms. The third-order valence-electron chi connectivity index (χ3n) is 3.11. The predicted octanol–water partition coefficient (Wildman–Crippen LogP) is 1.69. The van der Waals surface area contributed by atoms with E-state index in [1.165, 1.54) is 17.6 Å². The molecular weight excluding hydrogens is 324 g/mol. The van der Waals surface area contributed by atoms with Crippen molar-refractivity contribution in [2.75, 3.05) is 25.6 Å². The molecule has 0 atom stereocenters. The van der Waals surface area contributed by atoms with E-state index in [2.05, 4.69) is 15.4 Å². The first-order valence-corrected chi connectivity index (χ1v) is 7.51. The number of methoxy groups -OCH3 is 1. The third kappa shape index (κ3) is 3.81. The number of imide groups is 1. The zero-order valence-corrected chi connectivity index (χ0v) is 13.7. The fourth-order valence-corrected chi connectivity index (χ4v) is 2.90. The zero-order valence-electron chi connectivity index (χ0n) is 12.8. The molecule has 124 valence electrons. The summed E-state index contributed by atoms with van der Waals surface area (Å²) in [5.74, 6) is -1.15. The molecule has 0 saturated carbocycles. The van der Waals surface area contributed by atoms with Crippen LogP contribution in [0.1, 0.15) is 20.8 Å². The lowest BCUT2D eigenvalue weighted by atomic mass is 10.1. The number of amides is 3. The van der Waals surface area contributed by atoms with Gasteiger partial charge in [0.1, 0.15) is 24.5 Å². The van der Waals surface area contributed by atoms with Crippen LogP contribution in [0.3, 0.4) is 0 Å². The van der Waals surface area contributed by atoms with Gasteiger partial charge in [0, 0.05) is 4.88 Å². The van der Waals surface area contributed by atoms with Gasteiger partial charge in [-0.15, -0.1) is 11.3 Å². The second-order valence-corrected chi connectivity index (χ2v) is 5.81. The molecule has 2 rings (SSSR count). The first kappa shape index (κ1) is 16.8. The van der Waals surface area contributed by atoms with E-state index >= 15 is 0 Å². The minimum absolute atomic E-state index is 0.0271. The summed E-state index contributed by atoms with van der Waals surface area (Å²) < 4.78 is 14.6. The van der Waals surface area contributed by atoms with Crippen molar-refractivity contribution in [3.8, 4) is 0 Å². The van der Waals surface area contributed by atoms with Crippen LogP contribution >= 0.6 is 11.3 Å². The van der Waals surface area contributed by atoms with Crippen molar-refractivity contribution in [3.63, 3.8) is 0 Å². The van der Waals surface area contributed by atoms with E-state index < -0.39 is 17.9 Å². The highest BCUT2D eigenvalue weighted by Gasteiger charge is 2.24. The molecular formula is C14H16N2O6S. The number of carbonyl (C=O) groups excluding carboxylic acids is 3. The van der Waals surface area contributed by atoms with Crippen molar-refractivity contribution < 1.29 is 28.6 Å². The van der Waals surface area contributed by atoms with E-state index in [0.717, 1.165) is 12.0 Å². The Balaban J connectivity index is 2.23. The van der Waals surface area contributed by atoms with Crippen LogP contribution in [0.25, 0.3) is 0 Å². The summed E-state index contributed by atoms with van der Waals surface area (Å²) in [6, 6.07) is 0. The molecule has 0 unspecified atom stereocenters. The van der Waals surface area contributed by atoms with Crippen LogP contribution in [-0.2, 0) is 19.0 Å². The lowest BCUT2D eigenvalue weighted by Gasteiger charge is -2.15. The summed E-state index contributed by atoms with van der Waals surface area (Å²) in [4.78, 5) is 36.4. The van der Waals surface area contributed by atoms with Crippen molar-refractivity contribution in [1.82, 2.24) is 5.32 Å². The Morgan fingerprint density at radius 3 is 2.57 bits per heavy atom. The highest BCUT2D eigenvalue weighted by Crippen LogP contribution is 2.32. The van der Waals surface area contributed by atoms with Gasteiger partial charge < -0.3 is 19.5 Å². The van der Waals surface area contributed by atoms with Gasteiger partial charge in [0.2, 0.25) is 5.76 Å². The number of hydrogen-bond donors (Lipinski definition) is 2. The summed E-state index contributed by atoms with van der Waals surface area (Å²) in [5.41, 5.74) is 0.880. The molecule has 0 radical (unpaired) electrons. The summed E-state index contributed by atoms with van der Waals surface area (Å²) in [6.45, 7) is 4.19. The standard InChI is InChI=1S/C14H16N2O6S/c1-7-8(2)23-13(10(7)12(18)16-14(19)20-3)15-11(17)9-6-21-4-5-22-9/h6H,4-5H2,1-3H3,(H,15,17)(H,16,18,19). The van der Waals surface area contributed by atoms with Crippen LogP contribution in [0.15, 0.2) is 12.0 Å². The normalized spacial score (nSPS) is 13.3. The fraction of sp³-hybridized carbons (Fsp3) is 0.357. The van der Waals surface area contributed by atoms with Crippen LogP contribution in [0, 0.1) is 13.8 Å². The smallest absolute Gasteiger partial charge is 0.413 e. The van der Waals surface area contributed by atoms with E-state index in [-0.39, 0.29) is 17.9 Å². The van der Waals surface area contributed by atoms with Crippen LogP contribution in [0.5, 0.6) is 0 Å². The molecule has 0 aliphatic carbocycles. The molecule has 8 nitrogen and oxygen atoms in total. The SMILES string of the molecule is COC(=O)NC(=O)c1c(NC(=O)C2=COCCO2)sc(C)c1C. The molecule has 0 spiro atoms. The molecule has 9 heteroatoms. The van der Waals surface area contributed by atoms with Crippen molar-refractivity contribution in [3.05, 3.63) is 28.0 Å². The van der Waals surface area contributed by atoms with E-state index in [9.17, 15) is 14.4 Å². The highest BCUT2D eigenvalue weighted by molar-refractivity contribution is 7.16. The Morgan fingerprint density at radius 2 is 1.96 bits per heavy atom. The largest absolute Gasteiger partial charge is 0.494 e. The molecule has 2 heterocycles. The van der Waals surface area contributed by atoms with Gasteiger partial charge in [-0.1, -0.05) is 0 Å². The van der Waals surface area contributed by atoms with Gasteiger partial charge in [-0.05, 0) is 19.4 Å². The van der Waals surface area contributed by atoms with Gasteiger partial charge in [0.25, 0.3) is 11.8 Å². The van der Waals surface area contributed by atoms with Gasteiger partial charge in [0.15, 0.2) is 0 Å². The minimum Gasteiger partial charge on any atom is -0.494 e. The molecule has 1 aromatic heterocycles. The molecule has 0 fully saturated rings. The lowest BCUT2D eigenvalue weighted by Crippen LogP contribution is -2.31. The lowest BCUT2D eigenvalue weighted by molar-refractivity contribution is -0.117. The Kier molecular flexibility index (Phi) is 5.22. The molecule has 2 N–H and O–H groups in total. The average molecular weight is 340 g/mol. The number of nitrogens with one attached hydrogen (secondary N) is 2. The summed E-state index contributed by atoms with van der Waals surface area (Å²) in [6.07, 6.45) is 0.350. The van der Waals surface area contributed by atoms with Crippen molar-refractivity contribution in [2.45, 2.75) is 13.8 Å². The average Bonchev–Trinajstić information content (AvgIpc) is 2.82. The quantitative estimate of drug-likeness (QED) is 0.868. The Morgan fingerprint density at radius 1 is 1.22 bits per heavy atom. The third-order valence-corrected chi connectivity index (χ3v) is 4.24. The van der Waals surface area contributed by atoms with Crippen LogP contribution in [0.2, 0.25) is 0 Å². The summed E-state index contributed by atoms with van der Waals surface area (Å²) in [5, 5.41) is 5.01. The van der Waals surface area contributed by atoms with Crippen molar-refractivity contribution >= 4 is 34.2 Å². The summed E-state index contributed by atoms with van der Waals surface area (Å²) >= 11 is 1.23. The Labute approximate surface area is 136 Å². The number of alkyl carbamates (subject to hydrolysis) is 1. The monoisotopic (exact) mass is 340 g/mol. The van der Waals surface area contributed by atoms with Gasteiger partial charge >= 0.3 is 6.09 Å². The number of carbonyl (C=O) groups is 3. The van der Waals surface area contributed by atoms with Gasteiger partial charge in [-0.3, -0.25) is 14.9 Å². The first-order valence-electron chi connectivity index (χ1n) is 6.69. The molecule has 3 amide bonds. The second-order valence-electron chi connectivity index (χ2n) is 4.59. The minimum atomic E-state index is -0.873. The number of rotatable bonds is 3. The van der Waals surface area contributed by atoms with Gasteiger partial charge in [-0.25, -0.2) is 4.79 Å². The maximum Gasteiger partial charge on any atom is 0.413 e. The van der Waals surface area contributed by atoms with Gasteiger partial charge in [-0.2, -0.15) is 0 Å². The molecule has 0 bridgehead atoms. The van der Waals surface area contributed by atoms with Gasteiger partial charge in [0.05, 0.1) is 12.7 Å². The second kappa shape index (κ2) is 7.14. The topological polar surface area (TPSA) is 103 Å². The molecule has 1 aliphatic heterocycles. The predicted molar refractivity (Wildman–Crippen MR) is 82.3 cm³/mol. The summed E-state index contributed by atoms with van der Waals surface area (Å²) in [7, 11) is 1.16. The maximum atomic E-state index is 12.2. The molecule has 0 saturated heterocycles. The highest BCUT2D eigenvalue weighted by atomic mass is 32.1. The van der Waals surface area contributed by atoms with Crippen molar-refractivity contribution in [1.29, 1.82) is 0 Å². The van der Waals surface area contributed by atoms with Crippen LogP contribution < -0.4 is 10.6 Å². The Bertz CT molecular complexity index is 679. The van der Waals surface area contributed by atoms with Crippen LogP contribution in [0.4, 0.5) is 9.80 Å². The first-order chi connectivity index (χ1) is 10.9. The van der Waals surface area contributed by atoms with E-state index in [1.807, 2.05) is 6.92 Å². The Hall–Kier alpha value is -2.55. The van der Waals surface area contributed by atoms with E-state index in [0.29, 0.717) is 17.2 Å². The fourth-order valence-electron chi connectivity index (χ4n) is 1.85. The number of hydrogen-bond acceptors (Lipinski definition) is 7. The van der Waals surface area contributed by atoms with E-state index in [1.54, 1.807) is 6.92 Å². The number of thiophene rings is 1. The molecule has 0 aromatic carbocycles. The number of aryl methyl sites for hydroxylation is 1. The van der Waals surface area contributed by atoms with Crippen LogP contribution in [-0.4, -0.2) is 38.2 Å². The van der Waals surface area contributed by atoms with E-state index in [4.69, 9.17) is 9.47 Å². The molecule has 1 aromatic rings. The molecule has 1 aliphatic rings. The maximum absolute atomic E-state index is 12.2. The number of ether oxygens (including phenoxy) is 3. The van der Waals surface area contributed by atoms with Crippen molar-refractivity contribution in [2.24, 2.45) is 0 Å².